The fourth-order valence-corrected chi connectivity index (χ4v) is 2.11. The van der Waals surface area contributed by atoms with Gasteiger partial charge in [-0.3, -0.25) is 0 Å². The van der Waals surface area contributed by atoms with Gasteiger partial charge in [0.1, 0.15) is 0 Å². The second-order valence-corrected chi connectivity index (χ2v) is 6.86. The summed E-state index contributed by atoms with van der Waals surface area (Å²) >= 11 is 0. The van der Waals surface area contributed by atoms with Crippen LogP contribution in [0.5, 0.6) is 0 Å². The molecule has 0 fully saturated rings. The average molecular weight is 338 g/mol. The van der Waals surface area contributed by atoms with Crippen LogP contribution in [0.2, 0.25) is 0 Å². The Morgan fingerprint density at radius 1 is 0.895 bits per heavy atom. The lowest BCUT2D eigenvalue weighted by Gasteiger charge is -2.29. The molecule has 0 rings (SSSR count). The Morgan fingerprint density at radius 3 is 1.42 bits per heavy atom. The first-order valence-electron chi connectivity index (χ1n) is 3.92. The fourth-order valence-electron chi connectivity index (χ4n) is 0.710. The van der Waals surface area contributed by atoms with Crippen molar-refractivity contribution in [3.05, 3.63) is 11.5 Å². The van der Waals surface area contributed by atoms with Crippen molar-refractivity contribution in [3.63, 3.8) is 0 Å². The zero-order chi connectivity index (χ0) is 16.1. The first-order valence-corrected chi connectivity index (χ1v) is 6.79. The van der Waals surface area contributed by atoms with E-state index < -0.39 is 41.4 Å². The summed E-state index contributed by atoms with van der Waals surface area (Å²) in [5.41, 5.74) is 0. The first-order chi connectivity index (χ1) is 7.94. The molecule has 114 valence electrons. The average Bonchev–Trinajstić information content (AvgIpc) is 2.14. The van der Waals surface area contributed by atoms with Gasteiger partial charge < -0.3 is 0 Å². The lowest BCUT2D eigenvalue weighted by molar-refractivity contribution is -0.244. The molecule has 0 unspecified atom stereocenters. The summed E-state index contributed by atoms with van der Waals surface area (Å²) in [7, 11) is -13.9. The molecule has 0 aromatic rings. The number of rotatable bonds is 5. The Balaban J connectivity index is 6.31. The molecule has 0 aromatic carbocycles. The number of hydrogen-bond acceptors (Lipinski definition) is 4. The van der Waals surface area contributed by atoms with Crippen LogP contribution >= 0.6 is 0 Å². The largest absolute Gasteiger partial charge is 0.443 e. The maximum Gasteiger partial charge on any atom is 0.443 e. The van der Waals surface area contributed by atoms with E-state index in [1.165, 1.54) is 0 Å². The number of sulfone groups is 1. The lowest BCUT2D eigenvalue weighted by Crippen LogP contribution is -2.59. The predicted octanol–water partition coefficient (Wildman–Crippen LogP) is 2.05. The Bertz CT molecular complexity index is 589. The number of hydrogen-bond donors (Lipinski definition) is 0. The molecule has 0 radical (unpaired) electrons. The van der Waals surface area contributed by atoms with Crippen molar-refractivity contribution < 1.29 is 47.1 Å². The zero-order valence-corrected chi connectivity index (χ0v) is 10.4. The Kier molecular flexibility index (Phi) is 4.13. The smallest absolute Gasteiger partial charge is 0.218 e. The van der Waals surface area contributed by atoms with Gasteiger partial charge in [0.2, 0.25) is 9.84 Å². The van der Waals surface area contributed by atoms with Crippen LogP contribution in [-0.2, 0) is 20.1 Å². The van der Waals surface area contributed by atoms with E-state index in [-0.39, 0.29) is 6.92 Å². The molecule has 0 spiro atoms. The van der Waals surface area contributed by atoms with E-state index >= 15 is 0 Å². The van der Waals surface area contributed by atoms with E-state index in [1.54, 1.807) is 0 Å². The highest BCUT2D eigenvalue weighted by Crippen LogP contribution is 2.52. The van der Waals surface area contributed by atoms with Crippen molar-refractivity contribution in [2.75, 3.05) is 0 Å². The van der Waals surface area contributed by atoms with Crippen LogP contribution in [-0.4, -0.2) is 33.3 Å². The van der Waals surface area contributed by atoms with Crippen LogP contribution in [0.15, 0.2) is 11.5 Å². The minimum atomic E-state index is -7.49. The molecule has 0 bridgehead atoms. The summed E-state index contributed by atoms with van der Waals surface area (Å²) < 4.78 is 130. The number of halogens is 7. The van der Waals surface area contributed by atoms with E-state index in [9.17, 15) is 47.1 Å². The zero-order valence-electron chi connectivity index (χ0n) is 8.80. The molecule has 0 aliphatic rings. The van der Waals surface area contributed by atoms with E-state index in [0.717, 1.165) is 0 Å². The third kappa shape index (κ3) is 2.32. The van der Waals surface area contributed by atoms with E-state index in [0.29, 0.717) is 0 Å². The SMILES string of the molecule is C=C(C)S(=O)(=O)C(F)(F)C(F)(F)C(F)(F)S(=O)(=O)F. The van der Waals surface area contributed by atoms with Crippen molar-refractivity contribution in [3.8, 4) is 0 Å². The first kappa shape index (κ1) is 18.1. The highest BCUT2D eigenvalue weighted by atomic mass is 32.3. The predicted molar refractivity (Wildman–Crippen MR) is 48.6 cm³/mol. The molecule has 0 atom stereocenters. The summed E-state index contributed by atoms with van der Waals surface area (Å²) in [4.78, 5) is -1.63. The molecular weight excluding hydrogens is 333 g/mol. The minimum Gasteiger partial charge on any atom is -0.218 e. The summed E-state index contributed by atoms with van der Waals surface area (Å²) in [6, 6.07) is 0. The molecule has 0 aliphatic heterocycles. The third-order valence-corrected chi connectivity index (χ3v) is 4.55. The summed E-state index contributed by atoms with van der Waals surface area (Å²) in [5.74, 6) is -7.04. The van der Waals surface area contributed by atoms with Crippen LogP contribution in [0.3, 0.4) is 0 Å². The van der Waals surface area contributed by atoms with Crippen LogP contribution in [0.25, 0.3) is 0 Å². The van der Waals surface area contributed by atoms with Gasteiger partial charge in [0.15, 0.2) is 0 Å². The third-order valence-electron chi connectivity index (χ3n) is 1.83. The monoisotopic (exact) mass is 338 g/mol. The van der Waals surface area contributed by atoms with Crippen molar-refractivity contribution in [1.82, 2.24) is 0 Å². The molecule has 19 heavy (non-hydrogen) atoms. The van der Waals surface area contributed by atoms with Gasteiger partial charge in [0.05, 0.1) is 0 Å². The van der Waals surface area contributed by atoms with Gasteiger partial charge in [0.25, 0.3) is 0 Å². The topological polar surface area (TPSA) is 68.3 Å². The molecule has 0 N–H and O–H groups in total. The summed E-state index contributed by atoms with van der Waals surface area (Å²) in [6.07, 6.45) is 0. The van der Waals surface area contributed by atoms with Gasteiger partial charge in [0, 0.05) is 4.91 Å². The van der Waals surface area contributed by atoms with Crippen LogP contribution in [0, 0.1) is 0 Å². The van der Waals surface area contributed by atoms with Crippen molar-refractivity contribution in [2.24, 2.45) is 0 Å². The molecule has 0 heterocycles. The number of alkyl halides is 6. The highest BCUT2D eigenvalue weighted by molar-refractivity contribution is 7.96. The molecule has 0 saturated heterocycles. The van der Waals surface area contributed by atoms with Crippen LogP contribution in [0.4, 0.5) is 30.2 Å². The molecule has 13 heteroatoms. The van der Waals surface area contributed by atoms with Crippen molar-refractivity contribution >= 4 is 20.1 Å². The minimum absolute atomic E-state index is 0.279. The maximum absolute atomic E-state index is 12.9. The van der Waals surface area contributed by atoms with E-state index in [2.05, 4.69) is 6.58 Å². The lowest BCUT2D eigenvalue weighted by atomic mass is 10.3. The second kappa shape index (κ2) is 4.33. The van der Waals surface area contributed by atoms with E-state index in [4.69, 9.17) is 0 Å². The molecule has 4 nitrogen and oxygen atoms in total. The van der Waals surface area contributed by atoms with E-state index in [1.807, 2.05) is 0 Å². The Labute approximate surface area is 103 Å². The standard InChI is InChI=1S/C6H5F7O4S2/c1-3(2)18(14,15)5(9,10)4(7,8)6(11,12)19(13,16)17/h1H2,2H3. The summed E-state index contributed by atoms with van der Waals surface area (Å²) in [5, 5.41) is -13.5. The maximum atomic E-state index is 12.9. The normalized spacial score (nSPS) is 15.4. The summed E-state index contributed by atoms with van der Waals surface area (Å²) in [6.45, 7) is 2.64. The van der Waals surface area contributed by atoms with Gasteiger partial charge in [-0.15, -0.1) is 0 Å². The van der Waals surface area contributed by atoms with Crippen molar-refractivity contribution in [2.45, 2.75) is 23.4 Å². The quantitative estimate of drug-likeness (QED) is 0.568. The van der Waals surface area contributed by atoms with Crippen molar-refractivity contribution in [1.29, 1.82) is 0 Å². The molecule has 0 saturated carbocycles. The fraction of sp³-hybridized carbons (Fsp3) is 0.667. The Morgan fingerprint density at radius 2 is 1.21 bits per heavy atom. The molecular formula is C6H5F7O4S2. The second-order valence-electron chi connectivity index (χ2n) is 3.25. The molecule has 0 aromatic heterocycles. The van der Waals surface area contributed by atoms with Gasteiger partial charge >= 0.3 is 26.7 Å². The molecule has 0 aliphatic carbocycles. The van der Waals surface area contributed by atoms with Crippen LogP contribution in [0.1, 0.15) is 6.92 Å². The highest BCUT2D eigenvalue weighted by Gasteiger charge is 2.82. The van der Waals surface area contributed by atoms with Gasteiger partial charge in [-0.05, 0) is 6.92 Å². The van der Waals surface area contributed by atoms with Crippen LogP contribution < -0.4 is 0 Å². The van der Waals surface area contributed by atoms with Gasteiger partial charge in [-0.2, -0.15) is 34.8 Å². The number of allylic oxidation sites excluding steroid dienone is 1. The Hall–Kier alpha value is -0.850. The molecule has 0 amide bonds. The van der Waals surface area contributed by atoms with Gasteiger partial charge in [-0.25, -0.2) is 8.42 Å². The van der Waals surface area contributed by atoms with Gasteiger partial charge in [-0.1, -0.05) is 10.5 Å².